The summed E-state index contributed by atoms with van der Waals surface area (Å²) in [5.41, 5.74) is 0. The van der Waals surface area contributed by atoms with E-state index in [1.54, 1.807) is 18.9 Å². The number of hydrogen-bond acceptors (Lipinski definition) is 4. The van der Waals surface area contributed by atoms with Crippen LogP contribution in [0.25, 0.3) is 0 Å². The highest BCUT2D eigenvalue weighted by molar-refractivity contribution is 7.99. The Morgan fingerprint density at radius 2 is 2.36 bits per heavy atom. The van der Waals surface area contributed by atoms with Gasteiger partial charge < -0.3 is 15.2 Å². The quantitative estimate of drug-likeness (QED) is 0.564. The van der Waals surface area contributed by atoms with E-state index in [1.807, 2.05) is 0 Å². The summed E-state index contributed by atoms with van der Waals surface area (Å²) in [4.78, 5) is 10.8. The summed E-state index contributed by atoms with van der Waals surface area (Å²) >= 11 is 1.76. The zero-order valence-electron chi connectivity index (χ0n) is 8.78. The van der Waals surface area contributed by atoms with Crippen molar-refractivity contribution < 1.29 is 14.6 Å². The highest BCUT2D eigenvalue weighted by Crippen LogP contribution is 2.04. The first-order chi connectivity index (χ1) is 6.72. The fourth-order valence-electron chi connectivity index (χ4n) is 0.994. The third-order valence-electron chi connectivity index (χ3n) is 1.75. The van der Waals surface area contributed by atoms with Crippen molar-refractivity contribution in [2.45, 2.75) is 19.4 Å². The van der Waals surface area contributed by atoms with Crippen LogP contribution in [0.3, 0.4) is 0 Å². The number of carbonyl (C=O) groups is 1. The molecule has 14 heavy (non-hydrogen) atoms. The van der Waals surface area contributed by atoms with Crippen LogP contribution in [0.5, 0.6) is 0 Å². The van der Waals surface area contributed by atoms with Gasteiger partial charge in [0.25, 0.3) is 0 Å². The Bertz CT molecular complexity index is 145. The highest BCUT2D eigenvalue weighted by atomic mass is 32.2. The Hall–Kier alpha value is -0.260. The van der Waals surface area contributed by atoms with Gasteiger partial charge in [-0.3, -0.25) is 4.79 Å². The Labute approximate surface area is 89.4 Å². The molecule has 0 aromatic heterocycles. The molecule has 0 heterocycles. The van der Waals surface area contributed by atoms with Crippen LogP contribution < -0.4 is 5.32 Å². The molecule has 0 aromatic carbocycles. The average Bonchev–Trinajstić information content (AvgIpc) is 2.15. The normalized spacial score (nSPS) is 12.7. The Kier molecular flexibility index (Phi) is 9.13. The van der Waals surface area contributed by atoms with Gasteiger partial charge in [-0.05, 0) is 17.9 Å². The molecule has 0 aromatic rings. The van der Waals surface area contributed by atoms with Crippen molar-refractivity contribution in [3.8, 4) is 0 Å². The summed E-state index contributed by atoms with van der Waals surface area (Å²) < 4.78 is 4.84. The summed E-state index contributed by atoms with van der Waals surface area (Å²) in [5.74, 6) is 1.13. The second-order valence-corrected chi connectivity index (χ2v) is 4.22. The number of ether oxygens (including phenoxy) is 1. The smallest absolute Gasteiger partial charge is 0.320 e. The van der Waals surface area contributed by atoms with Gasteiger partial charge in [0.15, 0.2) is 0 Å². The molecule has 0 rings (SSSR count). The molecule has 0 spiro atoms. The van der Waals surface area contributed by atoms with E-state index in [4.69, 9.17) is 9.84 Å². The van der Waals surface area contributed by atoms with Crippen molar-refractivity contribution in [1.82, 2.24) is 5.32 Å². The standard InChI is InChI=1S/C9H19NO3S/c1-3-14-7-4-8(9(11)12)10-5-6-13-2/h8,10H,3-7H2,1-2H3,(H,11,12). The lowest BCUT2D eigenvalue weighted by molar-refractivity contribution is -0.139. The summed E-state index contributed by atoms with van der Waals surface area (Å²) in [6.45, 7) is 3.20. The largest absolute Gasteiger partial charge is 0.480 e. The second-order valence-electron chi connectivity index (χ2n) is 2.82. The number of hydrogen-bond donors (Lipinski definition) is 2. The van der Waals surface area contributed by atoms with Gasteiger partial charge in [-0.25, -0.2) is 0 Å². The molecule has 0 aliphatic heterocycles. The van der Waals surface area contributed by atoms with Gasteiger partial charge in [0.05, 0.1) is 6.61 Å². The zero-order valence-corrected chi connectivity index (χ0v) is 9.60. The van der Waals surface area contributed by atoms with Crippen LogP contribution >= 0.6 is 11.8 Å². The summed E-state index contributed by atoms with van der Waals surface area (Å²) in [7, 11) is 1.60. The molecule has 4 nitrogen and oxygen atoms in total. The van der Waals surface area contributed by atoms with Gasteiger partial charge in [0.1, 0.15) is 6.04 Å². The number of carboxylic acids is 1. The van der Waals surface area contributed by atoms with E-state index in [0.717, 1.165) is 11.5 Å². The lowest BCUT2D eigenvalue weighted by atomic mass is 10.2. The molecule has 84 valence electrons. The fourth-order valence-corrected chi connectivity index (χ4v) is 1.68. The molecule has 0 amide bonds. The first kappa shape index (κ1) is 13.7. The topological polar surface area (TPSA) is 58.6 Å². The maximum atomic E-state index is 10.8. The molecule has 0 fully saturated rings. The lowest BCUT2D eigenvalue weighted by Crippen LogP contribution is -2.38. The van der Waals surface area contributed by atoms with Crippen LogP contribution in [-0.4, -0.2) is 48.9 Å². The van der Waals surface area contributed by atoms with Crippen LogP contribution in [0, 0.1) is 0 Å². The fraction of sp³-hybridized carbons (Fsp3) is 0.889. The van der Waals surface area contributed by atoms with Crippen molar-refractivity contribution in [3.05, 3.63) is 0 Å². The van der Waals surface area contributed by atoms with Crippen molar-refractivity contribution in [2.75, 3.05) is 31.8 Å². The number of rotatable bonds is 9. The molecule has 2 N–H and O–H groups in total. The minimum Gasteiger partial charge on any atom is -0.480 e. The molecular formula is C9H19NO3S. The van der Waals surface area contributed by atoms with Crippen molar-refractivity contribution in [1.29, 1.82) is 0 Å². The van der Waals surface area contributed by atoms with Gasteiger partial charge in [-0.1, -0.05) is 6.92 Å². The van der Waals surface area contributed by atoms with E-state index in [9.17, 15) is 4.79 Å². The van der Waals surface area contributed by atoms with E-state index in [-0.39, 0.29) is 0 Å². The molecule has 0 radical (unpaired) electrons. The first-order valence-corrected chi connectivity index (χ1v) is 5.90. The maximum absolute atomic E-state index is 10.8. The number of thioether (sulfide) groups is 1. The molecule has 5 heteroatoms. The third kappa shape index (κ3) is 7.17. The summed E-state index contributed by atoms with van der Waals surface area (Å²) in [5, 5.41) is 11.8. The van der Waals surface area contributed by atoms with Crippen molar-refractivity contribution in [2.24, 2.45) is 0 Å². The number of carboxylic acid groups (broad SMARTS) is 1. The molecule has 0 saturated heterocycles. The van der Waals surface area contributed by atoms with Crippen molar-refractivity contribution >= 4 is 17.7 Å². The highest BCUT2D eigenvalue weighted by Gasteiger charge is 2.15. The third-order valence-corrected chi connectivity index (χ3v) is 2.68. The molecular weight excluding hydrogens is 202 g/mol. The van der Waals surface area contributed by atoms with Gasteiger partial charge in [-0.15, -0.1) is 0 Å². The predicted molar refractivity (Wildman–Crippen MR) is 58.9 cm³/mol. The minimum absolute atomic E-state index is 0.441. The molecule has 0 bridgehead atoms. The monoisotopic (exact) mass is 221 g/mol. The summed E-state index contributed by atoms with van der Waals surface area (Å²) in [6.07, 6.45) is 0.664. The molecule has 0 saturated carbocycles. The van der Waals surface area contributed by atoms with E-state index >= 15 is 0 Å². The Morgan fingerprint density at radius 3 is 2.86 bits per heavy atom. The zero-order chi connectivity index (χ0) is 10.8. The maximum Gasteiger partial charge on any atom is 0.320 e. The van der Waals surface area contributed by atoms with E-state index in [0.29, 0.717) is 19.6 Å². The summed E-state index contributed by atoms with van der Waals surface area (Å²) in [6, 6.07) is -0.441. The van der Waals surface area contributed by atoms with Crippen LogP contribution in [0.15, 0.2) is 0 Å². The lowest BCUT2D eigenvalue weighted by Gasteiger charge is -2.13. The molecule has 1 atom stereocenters. The number of methoxy groups -OCH3 is 1. The number of nitrogens with one attached hydrogen (secondary N) is 1. The van der Waals surface area contributed by atoms with E-state index < -0.39 is 12.0 Å². The molecule has 1 unspecified atom stereocenters. The first-order valence-electron chi connectivity index (χ1n) is 4.75. The van der Waals surface area contributed by atoms with E-state index in [1.165, 1.54) is 0 Å². The SMILES string of the molecule is CCSCCC(NCCOC)C(=O)O. The van der Waals surface area contributed by atoms with Crippen molar-refractivity contribution in [3.63, 3.8) is 0 Å². The molecule has 0 aliphatic rings. The Morgan fingerprint density at radius 1 is 1.64 bits per heavy atom. The number of aliphatic carboxylic acids is 1. The van der Waals surface area contributed by atoms with Gasteiger partial charge in [-0.2, -0.15) is 11.8 Å². The van der Waals surface area contributed by atoms with Gasteiger partial charge in [0, 0.05) is 13.7 Å². The second kappa shape index (κ2) is 9.30. The molecule has 0 aliphatic carbocycles. The average molecular weight is 221 g/mol. The predicted octanol–water partition coefficient (Wildman–Crippen LogP) is 0.819. The van der Waals surface area contributed by atoms with Crippen LogP contribution in [0.4, 0.5) is 0 Å². The van der Waals surface area contributed by atoms with Crippen LogP contribution in [0.2, 0.25) is 0 Å². The van der Waals surface area contributed by atoms with Gasteiger partial charge >= 0.3 is 5.97 Å². The van der Waals surface area contributed by atoms with Gasteiger partial charge in [0.2, 0.25) is 0 Å². The Balaban J connectivity index is 3.61. The van der Waals surface area contributed by atoms with Crippen LogP contribution in [0.1, 0.15) is 13.3 Å². The minimum atomic E-state index is -0.780. The van der Waals surface area contributed by atoms with E-state index in [2.05, 4.69) is 12.2 Å². The van der Waals surface area contributed by atoms with Crippen LogP contribution in [-0.2, 0) is 9.53 Å².